The minimum Gasteiger partial charge on any atom is -0.508 e. The third kappa shape index (κ3) is 4.70. The lowest BCUT2D eigenvalue weighted by Crippen LogP contribution is -1.93. The van der Waals surface area contributed by atoms with Gasteiger partial charge in [-0.3, -0.25) is 0 Å². The van der Waals surface area contributed by atoms with Gasteiger partial charge in [0.15, 0.2) is 0 Å². The molecule has 0 radical (unpaired) electrons. The van der Waals surface area contributed by atoms with Crippen LogP contribution < -0.4 is 0 Å². The number of carboxylic acids is 1. The molecule has 0 aliphatic rings. The molecule has 0 saturated carbocycles. The number of carboxylic acid groups (broad SMARTS) is 1. The van der Waals surface area contributed by atoms with Crippen molar-refractivity contribution in [2.45, 2.75) is 13.3 Å². The van der Waals surface area contributed by atoms with Gasteiger partial charge in [0.2, 0.25) is 0 Å². The zero-order valence-corrected chi connectivity index (χ0v) is 10.2. The molecule has 0 atom stereocenters. The van der Waals surface area contributed by atoms with E-state index in [0.29, 0.717) is 0 Å². The summed E-state index contributed by atoms with van der Waals surface area (Å²) in [6.07, 6.45) is 1.14. The largest absolute Gasteiger partial charge is 0.508 e. The summed E-state index contributed by atoms with van der Waals surface area (Å²) in [6.45, 7) is 2.16. The first-order chi connectivity index (χ1) is 8.63. The smallest absolute Gasteiger partial charge is 0.335 e. The molecule has 0 bridgehead atoms. The Hall–Kier alpha value is -2.29. The number of aromatic carboxylic acids is 1. The summed E-state index contributed by atoms with van der Waals surface area (Å²) < 4.78 is 0. The van der Waals surface area contributed by atoms with Crippen LogP contribution in [-0.2, 0) is 6.42 Å². The van der Waals surface area contributed by atoms with E-state index in [1.54, 1.807) is 0 Å². The third-order valence-electron chi connectivity index (χ3n) is 2.37. The Bertz CT molecular complexity index is 475. The second-order valence-corrected chi connectivity index (χ2v) is 3.69. The fraction of sp³-hybridized carbons (Fsp3) is 0.133. The Kier molecular flexibility index (Phi) is 5.45. The van der Waals surface area contributed by atoms with Crippen molar-refractivity contribution < 1.29 is 15.0 Å². The highest BCUT2D eigenvalue weighted by Gasteiger charge is 1.99. The van der Waals surface area contributed by atoms with Crippen LogP contribution >= 0.6 is 0 Å². The van der Waals surface area contributed by atoms with Crippen molar-refractivity contribution in [1.82, 2.24) is 0 Å². The van der Waals surface area contributed by atoms with E-state index in [9.17, 15) is 4.79 Å². The molecule has 0 amide bonds. The second-order valence-electron chi connectivity index (χ2n) is 3.69. The number of aromatic hydroxyl groups is 1. The van der Waals surface area contributed by atoms with E-state index in [1.165, 1.54) is 29.8 Å². The first-order valence-electron chi connectivity index (χ1n) is 5.69. The Labute approximate surface area is 106 Å². The monoisotopic (exact) mass is 244 g/mol. The SMILES string of the molecule is CCc1ccccc1.O=C(O)c1ccc(O)cc1. The van der Waals surface area contributed by atoms with E-state index < -0.39 is 5.97 Å². The molecule has 94 valence electrons. The van der Waals surface area contributed by atoms with Gasteiger partial charge in [-0.05, 0) is 36.2 Å². The Morgan fingerprint density at radius 2 is 1.56 bits per heavy atom. The zero-order chi connectivity index (χ0) is 13.4. The molecule has 0 unspecified atom stereocenters. The number of carbonyl (C=O) groups is 1. The van der Waals surface area contributed by atoms with Crippen LogP contribution in [0.1, 0.15) is 22.8 Å². The van der Waals surface area contributed by atoms with E-state index in [4.69, 9.17) is 10.2 Å². The van der Waals surface area contributed by atoms with Crippen molar-refractivity contribution >= 4 is 5.97 Å². The lowest BCUT2D eigenvalue weighted by molar-refractivity contribution is 0.0697. The fourth-order valence-electron chi connectivity index (χ4n) is 1.32. The normalized spacial score (nSPS) is 9.17. The molecule has 0 aliphatic heterocycles. The molecule has 2 N–H and O–H groups in total. The maximum Gasteiger partial charge on any atom is 0.335 e. The fourth-order valence-corrected chi connectivity index (χ4v) is 1.32. The highest BCUT2D eigenvalue weighted by atomic mass is 16.4. The van der Waals surface area contributed by atoms with Crippen LogP contribution in [0.15, 0.2) is 54.6 Å². The summed E-state index contributed by atoms with van der Waals surface area (Å²) >= 11 is 0. The molecule has 0 saturated heterocycles. The van der Waals surface area contributed by atoms with Crippen molar-refractivity contribution in [3.63, 3.8) is 0 Å². The minimum atomic E-state index is -0.986. The van der Waals surface area contributed by atoms with E-state index in [-0.39, 0.29) is 11.3 Å². The first-order valence-corrected chi connectivity index (χ1v) is 5.69. The molecule has 0 aromatic heterocycles. The van der Waals surface area contributed by atoms with Gasteiger partial charge in [-0.2, -0.15) is 0 Å². The van der Waals surface area contributed by atoms with Crippen LogP contribution in [0.3, 0.4) is 0 Å². The summed E-state index contributed by atoms with van der Waals surface area (Å²) in [6, 6.07) is 15.8. The minimum absolute atomic E-state index is 0.0741. The predicted molar refractivity (Wildman–Crippen MR) is 70.9 cm³/mol. The van der Waals surface area contributed by atoms with Crippen LogP contribution in [0.2, 0.25) is 0 Å². The summed E-state index contributed by atoms with van der Waals surface area (Å²) in [4.78, 5) is 10.2. The topological polar surface area (TPSA) is 57.5 Å². The van der Waals surface area contributed by atoms with Crippen LogP contribution in [0.25, 0.3) is 0 Å². The molecule has 18 heavy (non-hydrogen) atoms. The van der Waals surface area contributed by atoms with E-state index in [1.807, 2.05) is 6.07 Å². The number of phenols is 1. The van der Waals surface area contributed by atoms with E-state index in [0.717, 1.165) is 6.42 Å². The molecule has 3 nitrogen and oxygen atoms in total. The first kappa shape index (κ1) is 13.8. The van der Waals surface area contributed by atoms with Gasteiger partial charge in [-0.25, -0.2) is 4.79 Å². The van der Waals surface area contributed by atoms with Gasteiger partial charge in [-0.1, -0.05) is 37.3 Å². The predicted octanol–water partition coefficient (Wildman–Crippen LogP) is 3.34. The molecule has 2 aromatic rings. The van der Waals surface area contributed by atoms with Crippen LogP contribution in [0.5, 0.6) is 5.75 Å². The average molecular weight is 244 g/mol. The van der Waals surface area contributed by atoms with Crippen molar-refractivity contribution in [2.75, 3.05) is 0 Å². The number of aryl methyl sites for hydroxylation is 1. The maximum absolute atomic E-state index is 10.2. The molecule has 2 rings (SSSR count). The Balaban J connectivity index is 0.000000184. The van der Waals surface area contributed by atoms with Crippen molar-refractivity contribution in [3.8, 4) is 5.75 Å². The number of hydrogen-bond donors (Lipinski definition) is 2. The summed E-state index contributed by atoms with van der Waals surface area (Å²) in [7, 11) is 0. The molecule has 0 heterocycles. The number of benzene rings is 2. The van der Waals surface area contributed by atoms with Gasteiger partial charge < -0.3 is 10.2 Å². The third-order valence-corrected chi connectivity index (χ3v) is 2.37. The maximum atomic E-state index is 10.2. The Morgan fingerprint density at radius 3 is 1.94 bits per heavy atom. The Morgan fingerprint density at radius 1 is 1.00 bits per heavy atom. The van der Waals surface area contributed by atoms with Crippen LogP contribution in [0.4, 0.5) is 0 Å². The molecular formula is C15H16O3. The highest BCUT2D eigenvalue weighted by Crippen LogP contribution is 2.08. The number of hydrogen-bond acceptors (Lipinski definition) is 2. The standard InChI is InChI=1S/C8H10.C7H6O3/c1-2-8-6-4-3-5-7-8;8-6-3-1-5(2-4-6)7(9)10/h3-7H,2H2,1H3;1-4,8H,(H,9,10). The average Bonchev–Trinajstić information content (AvgIpc) is 2.41. The molecular weight excluding hydrogens is 228 g/mol. The molecule has 0 fully saturated rings. The van der Waals surface area contributed by atoms with E-state index >= 15 is 0 Å². The number of rotatable bonds is 2. The van der Waals surface area contributed by atoms with Gasteiger partial charge >= 0.3 is 5.97 Å². The summed E-state index contributed by atoms with van der Waals surface area (Å²) in [5.74, 6) is -0.912. The van der Waals surface area contributed by atoms with Crippen molar-refractivity contribution in [2.24, 2.45) is 0 Å². The molecule has 2 aromatic carbocycles. The van der Waals surface area contributed by atoms with Gasteiger partial charge in [0.1, 0.15) is 5.75 Å². The number of phenolic OH excluding ortho intramolecular Hbond substituents is 1. The lowest BCUT2D eigenvalue weighted by atomic mass is 10.2. The lowest BCUT2D eigenvalue weighted by Gasteiger charge is -1.92. The quantitative estimate of drug-likeness (QED) is 0.851. The second kappa shape index (κ2) is 7.12. The van der Waals surface area contributed by atoms with Gasteiger partial charge in [0.25, 0.3) is 0 Å². The van der Waals surface area contributed by atoms with Gasteiger partial charge in [-0.15, -0.1) is 0 Å². The zero-order valence-electron chi connectivity index (χ0n) is 10.2. The van der Waals surface area contributed by atoms with Crippen LogP contribution in [0, 0.1) is 0 Å². The van der Waals surface area contributed by atoms with Crippen LogP contribution in [-0.4, -0.2) is 16.2 Å². The van der Waals surface area contributed by atoms with Gasteiger partial charge in [0, 0.05) is 0 Å². The van der Waals surface area contributed by atoms with Crippen molar-refractivity contribution in [3.05, 3.63) is 65.7 Å². The summed E-state index contributed by atoms with van der Waals surface area (Å²) in [5.41, 5.74) is 1.59. The molecule has 3 heteroatoms. The van der Waals surface area contributed by atoms with Crippen molar-refractivity contribution in [1.29, 1.82) is 0 Å². The molecule has 0 spiro atoms. The highest BCUT2D eigenvalue weighted by molar-refractivity contribution is 5.87. The van der Waals surface area contributed by atoms with Gasteiger partial charge in [0.05, 0.1) is 5.56 Å². The molecule has 0 aliphatic carbocycles. The van der Waals surface area contributed by atoms with E-state index in [2.05, 4.69) is 31.2 Å². The summed E-state index contributed by atoms with van der Waals surface area (Å²) in [5, 5.41) is 17.1.